The third-order valence-corrected chi connectivity index (χ3v) is 8.44. The molecule has 7 heteroatoms. The summed E-state index contributed by atoms with van der Waals surface area (Å²) in [5.74, 6) is 0.557. The average molecular weight is 484 g/mol. The minimum absolute atomic E-state index is 0.0575. The van der Waals surface area contributed by atoms with E-state index in [0.29, 0.717) is 24.0 Å². The summed E-state index contributed by atoms with van der Waals surface area (Å²) in [5, 5.41) is 0.394. The Morgan fingerprint density at radius 3 is 2.33 bits per heavy atom. The summed E-state index contributed by atoms with van der Waals surface area (Å²) in [7, 11) is -3.55. The van der Waals surface area contributed by atoms with E-state index in [1.54, 1.807) is 28.7 Å². The summed E-state index contributed by atoms with van der Waals surface area (Å²) >= 11 is 6.59. The molecule has 0 bridgehead atoms. The molecule has 0 unspecified atom stereocenters. The Bertz CT molecular complexity index is 1260. The lowest BCUT2D eigenvalue weighted by molar-refractivity contribution is 0.288. The van der Waals surface area contributed by atoms with E-state index in [-0.39, 0.29) is 10.3 Å². The lowest BCUT2D eigenvalue weighted by Gasteiger charge is -2.29. The quantitative estimate of drug-likeness (QED) is 0.444. The van der Waals surface area contributed by atoms with Crippen molar-refractivity contribution in [3.63, 3.8) is 0 Å². The minimum atomic E-state index is -3.55. The monoisotopic (exact) mass is 483 g/mol. The maximum absolute atomic E-state index is 13.1. The van der Waals surface area contributed by atoms with Crippen molar-refractivity contribution in [3.8, 4) is 22.3 Å². The van der Waals surface area contributed by atoms with Gasteiger partial charge in [0.05, 0.1) is 4.90 Å². The van der Waals surface area contributed by atoms with Crippen molar-refractivity contribution in [1.82, 2.24) is 14.3 Å². The molecule has 1 aromatic carbocycles. The van der Waals surface area contributed by atoms with Gasteiger partial charge in [-0.15, -0.1) is 0 Å². The highest BCUT2D eigenvalue weighted by molar-refractivity contribution is 7.89. The molecule has 0 radical (unpaired) electrons. The molecule has 3 aromatic rings. The zero-order chi connectivity index (χ0) is 23.8. The van der Waals surface area contributed by atoms with E-state index >= 15 is 0 Å². The van der Waals surface area contributed by atoms with E-state index in [4.69, 9.17) is 11.6 Å². The highest BCUT2D eigenvalue weighted by Crippen LogP contribution is 2.34. The van der Waals surface area contributed by atoms with Crippen molar-refractivity contribution in [3.05, 3.63) is 65.7 Å². The zero-order valence-corrected chi connectivity index (χ0v) is 21.1. The molecule has 5 nitrogen and oxygen atoms in total. The first-order chi connectivity index (χ1) is 15.6. The molecule has 0 spiro atoms. The number of benzene rings is 1. The molecule has 0 atom stereocenters. The Morgan fingerprint density at radius 2 is 1.67 bits per heavy atom. The molecule has 1 aliphatic rings. The van der Waals surface area contributed by atoms with Gasteiger partial charge in [0, 0.05) is 64.5 Å². The van der Waals surface area contributed by atoms with Crippen molar-refractivity contribution in [2.75, 3.05) is 13.1 Å². The Labute approximate surface area is 201 Å². The van der Waals surface area contributed by atoms with Gasteiger partial charge in [-0.25, -0.2) is 8.42 Å². The van der Waals surface area contributed by atoms with Crippen LogP contribution in [0.25, 0.3) is 22.3 Å². The normalized spacial score (nSPS) is 16.2. The summed E-state index contributed by atoms with van der Waals surface area (Å²) in [6.07, 6.45) is 7.15. The van der Waals surface area contributed by atoms with Gasteiger partial charge in [0.1, 0.15) is 0 Å². The van der Waals surface area contributed by atoms with Crippen molar-refractivity contribution >= 4 is 21.6 Å². The molecule has 174 valence electrons. The van der Waals surface area contributed by atoms with Crippen LogP contribution in [-0.2, 0) is 15.4 Å². The van der Waals surface area contributed by atoms with Gasteiger partial charge in [-0.1, -0.05) is 45.4 Å². The maximum atomic E-state index is 13.1. The van der Waals surface area contributed by atoms with Crippen LogP contribution in [0.15, 0.2) is 59.9 Å². The van der Waals surface area contributed by atoms with Gasteiger partial charge in [-0.05, 0) is 54.7 Å². The molecule has 0 saturated carbocycles. The summed E-state index contributed by atoms with van der Waals surface area (Å²) < 4.78 is 27.8. The largest absolute Gasteiger partial charge is 0.263 e. The van der Waals surface area contributed by atoms with E-state index in [1.165, 1.54) is 0 Å². The van der Waals surface area contributed by atoms with Crippen LogP contribution < -0.4 is 0 Å². The topological polar surface area (TPSA) is 63.2 Å². The molecule has 1 aliphatic heterocycles. The molecule has 0 N–H and O–H groups in total. The third kappa shape index (κ3) is 5.13. The number of sulfonamides is 1. The summed E-state index contributed by atoms with van der Waals surface area (Å²) in [6, 6.07) is 11.0. The Kier molecular flexibility index (Phi) is 6.63. The molecule has 3 heterocycles. The number of aromatic nitrogens is 2. The van der Waals surface area contributed by atoms with E-state index in [2.05, 4.69) is 43.7 Å². The lowest BCUT2D eigenvalue weighted by atomic mass is 9.90. The van der Waals surface area contributed by atoms with Crippen LogP contribution in [0.2, 0.25) is 5.02 Å². The highest BCUT2D eigenvalue weighted by atomic mass is 35.5. The van der Waals surface area contributed by atoms with Gasteiger partial charge in [-0.2, -0.15) is 4.31 Å². The predicted molar refractivity (Wildman–Crippen MR) is 134 cm³/mol. The molecule has 0 amide bonds. The Balaban J connectivity index is 1.65. The Morgan fingerprint density at radius 1 is 0.970 bits per heavy atom. The van der Waals surface area contributed by atoms with E-state index in [9.17, 15) is 8.42 Å². The van der Waals surface area contributed by atoms with Gasteiger partial charge < -0.3 is 0 Å². The highest BCUT2D eigenvalue weighted by Gasteiger charge is 2.28. The Hall–Kier alpha value is -2.28. The van der Waals surface area contributed by atoms with E-state index < -0.39 is 10.0 Å². The second-order valence-electron chi connectivity index (χ2n) is 9.87. The van der Waals surface area contributed by atoms with Gasteiger partial charge in [0.25, 0.3) is 0 Å². The standard InChI is InChI=1S/C26H30ClN3O2S/c1-18-8-11-30(12-9-18)33(31,32)22-5-6-23(24(27)15-22)21-13-20(16-28-17-21)19-7-10-29-25(14-19)26(2,3)4/h5-7,10,13-18H,8-9,11-12H2,1-4H3. The summed E-state index contributed by atoms with van der Waals surface area (Å²) in [4.78, 5) is 9.16. The molecule has 4 rings (SSSR count). The molecule has 33 heavy (non-hydrogen) atoms. The average Bonchev–Trinajstić information content (AvgIpc) is 2.79. The van der Waals surface area contributed by atoms with Crippen molar-refractivity contribution in [1.29, 1.82) is 0 Å². The van der Waals surface area contributed by atoms with Crippen LogP contribution in [0.3, 0.4) is 0 Å². The lowest BCUT2D eigenvalue weighted by Crippen LogP contribution is -2.37. The minimum Gasteiger partial charge on any atom is -0.263 e. The number of rotatable bonds is 4. The second kappa shape index (κ2) is 9.16. The molecule has 1 fully saturated rings. The molecule has 2 aromatic heterocycles. The number of piperidine rings is 1. The first kappa shape index (κ1) is 23.9. The zero-order valence-electron chi connectivity index (χ0n) is 19.5. The number of hydrogen-bond acceptors (Lipinski definition) is 4. The molecule has 1 saturated heterocycles. The van der Waals surface area contributed by atoms with E-state index in [1.807, 2.05) is 24.5 Å². The van der Waals surface area contributed by atoms with Crippen LogP contribution >= 0.6 is 11.6 Å². The van der Waals surface area contributed by atoms with Crippen molar-refractivity contribution < 1.29 is 8.42 Å². The third-order valence-electron chi connectivity index (χ3n) is 6.23. The fraction of sp³-hybridized carbons (Fsp3) is 0.385. The number of nitrogens with zero attached hydrogens (tertiary/aromatic N) is 3. The first-order valence-electron chi connectivity index (χ1n) is 11.3. The predicted octanol–water partition coefficient (Wildman–Crippen LogP) is 6.18. The van der Waals surface area contributed by atoms with E-state index in [0.717, 1.165) is 40.8 Å². The summed E-state index contributed by atoms with van der Waals surface area (Å²) in [6.45, 7) is 9.66. The molecular formula is C26H30ClN3O2S. The van der Waals surface area contributed by atoms with Gasteiger partial charge in [0.15, 0.2) is 0 Å². The fourth-order valence-electron chi connectivity index (χ4n) is 4.03. The fourth-order valence-corrected chi connectivity index (χ4v) is 5.88. The molecule has 0 aliphatic carbocycles. The number of halogens is 1. The van der Waals surface area contributed by atoms with Crippen molar-refractivity contribution in [2.24, 2.45) is 5.92 Å². The van der Waals surface area contributed by atoms with Crippen LogP contribution in [0.1, 0.15) is 46.2 Å². The maximum Gasteiger partial charge on any atom is 0.243 e. The summed E-state index contributed by atoms with van der Waals surface area (Å²) in [5.41, 5.74) is 4.52. The van der Waals surface area contributed by atoms with Gasteiger partial charge in [0.2, 0.25) is 10.0 Å². The van der Waals surface area contributed by atoms with Crippen molar-refractivity contribution in [2.45, 2.75) is 50.8 Å². The van der Waals surface area contributed by atoms with Crippen LogP contribution in [0, 0.1) is 5.92 Å². The van der Waals surface area contributed by atoms with Crippen LogP contribution in [0.4, 0.5) is 0 Å². The van der Waals surface area contributed by atoms with Gasteiger partial charge >= 0.3 is 0 Å². The van der Waals surface area contributed by atoms with Crippen LogP contribution in [-0.4, -0.2) is 35.8 Å². The van der Waals surface area contributed by atoms with Crippen LogP contribution in [0.5, 0.6) is 0 Å². The molecular weight excluding hydrogens is 454 g/mol. The smallest absolute Gasteiger partial charge is 0.243 e. The number of hydrogen-bond donors (Lipinski definition) is 0. The first-order valence-corrected chi connectivity index (χ1v) is 13.1. The van der Waals surface area contributed by atoms with Gasteiger partial charge in [-0.3, -0.25) is 9.97 Å². The number of pyridine rings is 2. The SMILES string of the molecule is CC1CCN(S(=O)(=O)c2ccc(-c3cncc(-c4ccnc(C(C)(C)C)c4)c3)c(Cl)c2)CC1. The second-order valence-corrected chi connectivity index (χ2v) is 12.2.